The quantitative estimate of drug-likeness (QED) is 0.182. The molecule has 1 saturated carbocycles. The average molecular weight is 662 g/mol. The van der Waals surface area contributed by atoms with Crippen LogP contribution in [0.3, 0.4) is 0 Å². The molecule has 45 heavy (non-hydrogen) atoms. The molecule has 0 aliphatic heterocycles. The average Bonchev–Trinajstić information content (AvgIpc) is 3.68. The summed E-state index contributed by atoms with van der Waals surface area (Å²) in [5.74, 6) is -1.89. The second kappa shape index (κ2) is 16.2. The van der Waals surface area contributed by atoms with Crippen LogP contribution in [0.25, 0.3) is 10.3 Å². The molecule has 4 rings (SSSR count). The molecule has 2 amide bonds. The number of carbonyl (C=O) groups is 3. The number of fused-ring (bicyclic) bond motifs is 1. The first kappa shape index (κ1) is 34.4. The maximum Gasteiger partial charge on any atom is 0.304 e. The Balaban J connectivity index is 1.53. The molecule has 1 fully saturated rings. The van der Waals surface area contributed by atoms with E-state index in [1.807, 2.05) is 0 Å². The molecule has 3 aromatic rings. The van der Waals surface area contributed by atoms with E-state index in [-0.39, 0.29) is 48.5 Å². The van der Waals surface area contributed by atoms with Crippen molar-refractivity contribution in [2.24, 2.45) is 5.92 Å². The van der Waals surface area contributed by atoms with Crippen LogP contribution in [0.1, 0.15) is 60.5 Å². The van der Waals surface area contributed by atoms with E-state index in [4.69, 9.17) is 14.6 Å². The van der Waals surface area contributed by atoms with Crippen LogP contribution in [0.2, 0.25) is 0 Å². The number of carbonyl (C=O) groups excluding carboxylic acids is 2. The van der Waals surface area contributed by atoms with Gasteiger partial charge in [0.1, 0.15) is 16.0 Å². The van der Waals surface area contributed by atoms with Crippen molar-refractivity contribution in [3.05, 3.63) is 47.7 Å². The lowest BCUT2D eigenvalue weighted by Crippen LogP contribution is -2.35. The molecule has 1 aliphatic rings. The molecule has 1 atom stereocenters. The Morgan fingerprint density at radius 3 is 2.40 bits per heavy atom. The number of anilines is 1. The van der Waals surface area contributed by atoms with E-state index < -0.39 is 21.9 Å². The Hall–Kier alpha value is -3.50. The fourth-order valence-electron chi connectivity index (χ4n) is 5.31. The summed E-state index contributed by atoms with van der Waals surface area (Å²) in [6, 6.07) is 9.47. The number of carboxylic acid groups (broad SMARTS) is 1. The smallest absolute Gasteiger partial charge is 0.304 e. The van der Waals surface area contributed by atoms with Gasteiger partial charge in [0.15, 0.2) is 5.13 Å². The van der Waals surface area contributed by atoms with Crippen LogP contribution in [-0.4, -0.2) is 92.6 Å². The molecule has 3 N–H and O–H groups in total. The van der Waals surface area contributed by atoms with Crippen molar-refractivity contribution in [3.63, 3.8) is 0 Å². The minimum absolute atomic E-state index is 0.00655. The number of benzene rings is 1. The van der Waals surface area contributed by atoms with E-state index >= 15 is 0 Å². The molecule has 1 aliphatic carbocycles. The molecule has 13 nitrogen and oxygen atoms in total. The van der Waals surface area contributed by atoms with Crippen molar-refractivity contribution < 1.29 is 37.4 Å². The number of aromatic nitrogens is 2. The second-order valence-corrected chi connectivity index (χ2v) is 13.7. The van der Waals surface area contributed by atoms with Crippen molar-refractivity contribution in [1.82, 2.24) is 19.6 Å². The number of hydrogen-bond acceptors (Lipinski definition) is 10. The molecule has 15 heteroatoms. The summed E-state index contributed by atoms with van der Waals surface area (Å²) in [6.07, 6.45) is 4.52. The molecule has 2 aromatic heterocycles. The molecular weight excluding hydrogens is 622 g/mol. The molecule has 0 unspecified atom stereocenters. The molecule has 1 aromatic carbocycles. The zero-order valence-electron chi connectivity index (χ0n) is 25.4. The van der Waals surface area contributed by atoms with Crippen LogP contribution in [0.4, 0.5) is 5.13 Å². The third kappa shape index (κ3) is 9.26. The number of hydrogen-bond donors (Lipinski definition) is 3. The maximum atomic E-state index is 13.7. The van der Waals surface area contributed by atoms with E-state index in [9.17, 15) is 22.8 Å². The van der Waals surface area contributed by atoms with Gasteiger partial charge in [-0.2, -0.15) is 4.31 Å². The second-order valence-electron chi connectivity index (χ2n) is 10.8. The summed E-state index contributed by atoms with van der Waals surface area (Å²) in [4.78, 5) is 46.7. The fraction of sp³-hybridized carbons (Fsp3) is 0.500. The van der Waals surface area contributed by atoms with Crippen molar-refractivity contribution in [1.29, 1.82) is 0 Å². The lowest BCUT2D eigenvalue weighted by molar-refractivity contribution is -0.137. The summed E-state index contributed by atoms with van der Waals surface area (Å²) in [6.45, 7) is 0.672. The minimum atomic E-state index is -3.99. The van der Waals surface area contributed by atoms with Crippen LogP contribution >= 0.6 is 11.3 Å². The molecule has 0 saturated heterocycles. The van der Waals surface area contributed by atoms with Gasteiger partial charge in [-0.15, -0.1) is 0 Å². The number of ether oxygens (including phenoxy) is 2. The van der Waals surface area contributed by atoms with Crippen molar-refractivity contribution in [3.8, 4) is 0 Å². The number of aliphatic carboxylic acids is 1. The van der Waals surface area contributed by atoms with E-state index in [2.05, 4.69) is 20.6 Å². The number of amides is 2. The Morgan fingerprint density at radius 2 is 1.73 bits per heavy atom. The summed E-state index contributed by atoms with van der Waals surface area (Å²) >= 11 is 1.17. The number of pyridine rings is 1. The topological polar surface area (TPSA) is 177 Å². The van der Waals surface area contributed by atoms with Gasteiger partial charge in [0.05, 0.1) is 30.4 Å². The van der Waals surface area contributed by atoms with Gasteiger partial charge in [0, 0.05) is 33.9 Å². The molecule has 0 radical (unpaired) electrons. The van der Waals surface area contributed by atoms with Crippen molar-refractivity contribution >= 4 is 54.6 Å². The zero-order chi connectivity index (χ0) is 32.4. The lowest BCUT2D eigenvalue weighted by Gasteiger charge is -2.23. The third-order valence-electron chi connectivity index (χ3n) is 7.71. The SMILES string of the molecule is COCCNC(=O)c1ccc2nc(NC(=O)[C@H](CC3CCCC3)c3ccc(S(=O)(=O)N(CCOC)CCC(=O)O)cc3)sc2n1. The first-order chi connectivity index (χ1) is 21.6. The van der Waals surface area contributed by atoms with Crippen LogP contribution in [0, 0.1) is 5.92 Å². The Labute approximate surface area is 266 Å². The minimum Gasteiger partial charge on any atom is -0.481 e. The standard InChI is InChI=1S/C30H39N5O8S2/c1-42-17-14-31-28(39)24-11-12-25-29(32-24)44-30(33-25)34-27(38)23(19-20-5-3-4-6-20)21-7-9-22(10-8-21)45(40,41)35(16-18-43-2)15-13-26(36)37/h7-12,20,23H,3-6,13-19H2,1-2H3,(H,31,39)(H,36,37)(H,33,34,38)/t23-/m1/s1. The summed E-state index contributed by atoms with van der Waals surface area (Å²) in [5, 5.41) is 15.1. The highest BCUT2D eigenvalue weighted by atomic mass is 32.2. The molecule has 2 heterocycles. The van der Waals surface area contributed by atoms with Gasteiger partial charge in [-0.3, -0.25) is 14.4 Å². The van der Waals surface area contributed by atoms with Crippen LogP contribution in [-0.2, 0) is 29.1 Å². The highest BCUT2D eigenvalue weighted by molar-refractivity contribution is 7.89. The number of methoxy groups -OCH3 is 2. The largest absolute Gasteiger partial charge is 0.481 e. The Bertz CT molecular complexity index is 1570. The predicted octanol–water partition coefficient (Wildman–Crippen LogP) is 3.48. The number of carboxylic acids is 1. The number of nitrogens with one attached hydrogen (secondary N) is 2. The van der Waals surface area contributed by atoms with Crippen LogP contribution in [0.5, 0.6) is 0 Å². The molecule has 0 spiro atoms. The number of rotatable bonds is 17. The lowest BCUT2D eigenvalue weighted by atomic mass is 9.87. The van der Waals surface area contributed by atoms with Crippen molar-refractivity contribution in [2.45, 2.75) is 49.3 Å². The number of thiazole rings is 1. The highest BCUT2D eigenvalue weighted by Crippen LogP contribution is 2.36. The van der Waals surface area contributed by atoms with E-state index in [1.165, 1.54) is 30.6 Å². The van der Waals surface area contributed by atoms with Gasteiger partial charge >= 0.3 is 5.97 Å². The number of nitrogens with zero attached hydrogens (tertiary/aromatic N) is 3. The summed E-state index contributed by atoms with van der Waals surface area (Å²) in [5.41, 5.74) is 1.45. The van der Waals surface area contributed by atoms with E-state index in [0.717, 1.165) is 30.0 Å². The normalized spacial score (nSPS) is 14.6. The Kier molecular flexibility index (Phi) is 12.4. The van der Waals surface area contributed by atoms with E-state index in [0.29, 0.717) is 46.5 Å². The first-order valence-corrected chi connectivity index (χ1v) is 17.0. The van der Waals surface area contributed by atoms with Gasteiger partial charge in [-0.1, -0.05) is 49.2 Å². The Morgan fingerprint density at radius 1 is 1.02 bits per heavy atom. The predicted molar refractivity (Wildman–Crippen MR) is 169 cm³/mol. The molecule has 0 bridgehead atoms. The van der Waals surface area contributed by atoms with Crippen LogP contribution < -0.4 is 10.6 Å². The van der Waals surface area contributed by atoms with Crippen LogP contribution in [0.15, 0.2) is 41.3 Å². The first-order valence-electron chi connectivity index (χ1n) is 14.8. The van der Waals surface area contributed by atoms with E-state index in [1.54, 1.807) is 31.4 Å². The molecule has 244 valence electrons. The summed E-state index contributed by atoms with van der Waals surface area (Å²) < 4.78 is 37.8. The summed E-state index contributed by atoms with van der Waals surface area (Å²) in [7, 11) is -1.00. The maximum absolute atomic E-state index is 13.7. The number of sulfonamides is 1. The molecular formula is C30H39N5O8S2. The van der Waals surface area contributed by atoms with Gasteiger partial charge in [-0.25, -0.2) is 18.4 Å². The van der Waals surface area contributed by atoms with Gasteiger partial charge in [0.2, 0.25) is 15.9 Å². The fourth-order valence-corrected chi connectivity index (χ4v) is 7.57. The highest BCUT2D eigenvalue weighted by Gasteiger charge is 2.29. The third-order valence-corrected chi connectivity index (χ3v) is 10.5. The van der Waals surface area contributed by atoms with Gasteiger partial charge < -0.3 is 25.2 Å². The van der Waals surface area contributed by atoms with Gasteiger partial charge in [0.25, 0.3) is 5.91 Å². The van der Waals surface area contributed by atoms with Gasteiger partial charge in [-0.05, 0) is 42.2 Å². The zero-order valence-corrected chi connectivity index (χ0v) is 27.0. The van der Waals surface area contributed by atoms with Crippen molar-refractivity contribution in [2.75, 3.05) is 52.4 Å². The monoisotopic (exact) mass is 661 g/mol.